The fourth-order valence-electron chi connectivity index (χ4n) is 3.60. The number of carbonyl (C=O) groups is 3. The van der Waals surface area contributed by atoms with Gasteiger partial charge in [-0.15, -0.1) is 11.8 Å². The number of nitrogens with one attached hydrogen (secondary N) is 2. The highest BCUT2D eigenvalue weighted by Crippen LogP contribution is 2.37. The molecule has 38 heavy (non-hydrogen) atoms. The number of anilines is 2. The van der Waals surface area contributed by atoms with E-state index in [1.807, 2.05) is 54.6 Å². The van der Waals surface area contributed by atoms with Crippen molar-refractivity contribution in [2.75, 3.05) is 10.6 Å². The SMILES string of the molecule is O=C(Cc1ccc(Cl)cc1)Nc1ccc(SC(C(=O)Nc2cc(C(=O)O)ccc2Cl)c2ccccc2)cc1. The molecule has 0 heterocycles. The monoisotopic (exact) mass is 564 g/mol. The minimum Gasteiger partial charge on any atom is -0.478 e. The van der Waals surface area contributed by atoms with Crippen molar-refractivity contribution in [3.8, 4) is 0 Å². The van der Waals surface area contributed by atoms with Gasteiger partial charge in [-0.05, 0) is 65.7 Å². The quantitative estimate of drug-likeness (QED) is 0.185. The first-order valence-corrected chi connectivity index (χ1v) is 13.1. The first-order valence-electron chi connectivity index (χ1n) is 11.5. The molecule has 2 amide bonds. The molecule has 0 aliphatic rings. The maximum Gasteiger partial charge on any atom is 0.335 e. The van der Waals surface area contributed by atoms with Crippen LogP contribution in [0.15, 0.2) is 102 Å². The number of hydrogen-bond acceptors (Lipinski definition) is 4. The van der Waals surface area contributed by atoms with Crippen LogP contribution in [-0.4, -0.2) is 22.9 Å². The molecule has 6 nitrogen and oxygen atoms in total. The van der Waals surface area contributed by atoms with E-state index in [9.17, 15) is 19.5 Å². The summed E-state index contributed by atoms with van der Waals surface area (Å²) < 4.78 is 0. The van der Waals surface area contributed by atoms with Crippen LogP contribution in [0.1, 0.15) is 26.7 Å². The molecule has 4 aromatic carbocycles. The predicted molar refractivity (Wildman–Crippen MR) is 152 cm³/mol. The van der Waals surface area contributed by atoms with E-state index in [2.05, 4.69) is 10.6 Å². The molecule has 9 heteroatoms. The number of carboxylic acid groups (broad SMARTS) is 1. The number of aromatic carboxylic acids is 1. The summed E-state index contributed by atoms with van der Waals surface area (Å²) in [5, 5.41) is 15.1. The summed E-state index contributed by atoms with van der Waals surface area (Å²) in [6.45, 7) is 0. The van der Waals surface area contributed by atoms with Crippen LogP contribution < -0.4 is 10.6 Å². The average molecular weight is 565 g/mol. The molecule has 0 aromatic heterocycles. The Morgan fingerprint density at radius 1 is 0.816 bits per heavy atom. The lowest BCUT2D eigenvalue weighted by atomic mass is 10.1. The van der Waals surface area contributed by atoms with E-state index in [0.29, 0.717) is 10.7 Å². The molecule has 0 bridgehead atoms. The van der Waals surface area contributed by atoms with Crippen LogP contribution in [0, 0.1) is 0 Å². The second-order valence-corrected chi connectivity index (χ2v) is 10.3. The highest BCUT2D eigenvalue weighted by Gasteiger charge is 2.23. The molecule has 4 aromatic rings. The number of benzene rings is 4. The minimum atomic E-state index is -1.12. The molecule has 3 N–H and O–H groups in total. The van der Waals surface area contributed by atoms with Crippen molar-refractivity contribution in [2.24, 2.45) is 0 Å². The summed E-state index contributed by atoms with van der Waals surface area (Å²) >= 11 is 13.4. The molecule has 4 rings (SSSR count). The number of thioether (sulfide) groups is 1. The van der Waals surface area contributed by atoms with Crippen LogP contribution in [0.25, 0.3) is 0 Å². The molecule has 192 valence electrons. The average Bonchev–Trinajstić information content (AvgIpc) is 2.91. The van der Waals surface area contributed by atoms with Gasteiger partial charge in [-0.25, -0.2) is 4.79 Å². The summed E-state index contributed by atoms with van der Waals surface area (Å²) in [6, 6.07) is 27.7. The molecule has 0 saturated heterocycles. The maximum absolute atomic E-state index is 13.4. The number of amides is 2. The van der Waals surface area contributed by atoms with Gasteiger partial charge in [0, 0.05) is 15.6 Å². The fourth-order valence-corrected chi connectivity index (χ4v) is 4.91. The van der Waals surface area contributed by atoms with Gasteiger partial charge in [-0.1, -0.05) is 65.7 Å². The van der Waals surface area contributed by atoms with Crippen molar-refractivity contribution < 1.29 is 19.5 Å². The third-order valence-corrected chi connectivity index (χ3v) is 7.33. The molecule has 1 atom stereocenters. The van der Waals surface area contributed by atoms with Gasteiger partial charge in [0.15, 0.2) is 0 Å². The van der Waals surface area contributed by atoms with Gasteiger partial charge in [0.2, 0.25) is 11.8 Å². The van der Waals surface area contributed by atoms with Crippen molar-refractivity contribution in [3.05, 3.63) is 124 Å². The van der Waals surface area contributed by atoms with Crippen LogP contribution in [0.4, 0.5) is 11.4 Å². The highest BCUT2D eigenvalue weighted by atomic mass is 35.5. The molecule has 0 saturated carbocycles. The van der Waals surface area contributed by atoms with Gasteiger partial charge in [-0.2, -0.15) is 0 Å². The lowest BCUT2D eigenvalue weighted by molar-refractivity contribution is -0.116. The van der Waals surface area contributed by atoms with Gasteiger partial charge >= 0.3 is 5.97 Å². The van der Waals surface area contributed by atoms with Crippen molar-refractivity contribution >= 4 is 64.1 Å². The first kappa shape index (κ1) is 27.3. The largest absolute Gasteiger partial charge is 0.478 e. The van der Waals surface area contributed by atoms with E-state index in [4.69, 9.17) is 23.2 Å². The highest BCUT2D eigenvalue weighted by molar-refractivity contribution is 8.00. The third-order valence-electron chi connectivity index (χ3n) is 5.48. The Kier molecular flexibility index (Phi) is 9.07. The van der Waals surface area contributed by atoms with E-state index in [1.54, 1.807) is 24.3 Å². The first-order chi connectivity index (χ1) is 18.3. The normalized spacial score (nSPS) is 11.4. The standard InChI is InChI=1S/C29H22Cl2N2O4S/c30-21-9-6-18(7-10-21)16-26(34)32-22-11-13-23(14-12-22)38-27(19-4-2-1-3-5-19)28(35)33-25-17-20(29(36)37)8-15-24(25)31/h1-15,17,27H,16H2,(H,32,34)(H,33,35)(H,36,37). The van der Waals surface area contributed by atoms with Gasteiger partial charge in [0.1, 0.15) is 5.25 Å². The molecule has 0 aliphatic heterocycles. The Hall–Kier alpha value is -3.78. The second kappa shape index (κ2) is 12.6. The zero-order valence-corrected chi connectivity index (χ0v) is 22.2. The van der Waals surface area contributed by atoms with Crippen LogP contribution in [0.3, 0.4) is 0 Å². The van der Waals surface area contributed by atoms with Crippen LogP contribution in [-0.2, 0) is 16.0 Å². The topological polar surface area (TPSA) is 95.5 Å². The molecule has 0 spiro atoms. The zero-order valence-electron chi connectivity index (χ0n) is 19.9. The van der Waals surface area contributed by atoms with Gasteiger partial charge in [0.05, 0.1) is 22.7 Å². The fraction of sp³-hybridized carbons (Fsp3) is 0.0690. The Labute approximate surface area is 234 Å². The van der Waals surface area contributed by atoms with E-state index in [0.717, 1.165) is 16.0 Å². The molecular weight excluding hydrogens is 543 g/mol. The Morgan fingerprint density at radius 3 is 2.16 bits per heavy atom. The van der Waals surface area contributed by atoms with E-state index < -0.39 is 11.2 Å². The molecule has 1 unspecified atom stereocenters. The minimum absolute atomic E-state index is 0.0160. The Bertz CT molecular complexity index is 1450. The summed E-state index contributed by atoms with van der Waals surface area (Å²) in [6.07, 6.45) is 0.218. The third kappa shape index (κ3) is 7.38. The van der Waals surface area contributed by atoms with Crippen molar-refractivity contribution in [1.29, 1.82) is 0 Å². The van der Waals surface area contributed by atoms with Crippen molar-refractivity contribution in [1.82, 2.24) is 0 Å². The predicted octanol–water partition coefficient (Wildman–Crippen LogP) is 7.34. The van der Waals surface area contributed by atoms with Gasteiger partial charge in [0.25, 0.3) is 0 Å². The van der Waals surface area contributed by atoms with Gasteiger partial charge in [-0.3, -0.25) is 9.59 Å². The summed E-state index contributed by atoms with van der Waals surface area (Å²) in [4.78, 5) is 37.9. The number of carbonyl (C=O) groups excluding carboxylic acids is 2. The second-order valence-electron chi connectivity index (χ2n) is 8.27. The lowest BCUT2D eigenvalue weighted by Gasteiger charge is -2.18. The summed E-state index contributed by atoms with van der Waals surface area (Å²) in [5.41, 5.74) is 2.48. The smallest absolute Gasteiger partial charge is 0.335 e. The van der Waals surface area contributed by atoms with E-state index in [1.165, 1.54) is 30.0 Å². The van der Waals surface area contributed by atoms with Crippen LogP contribution in [0.5, 0.6) is 0 Å². The summed E-state index contributed by atoms with van der Waals surface area (Å²) in [7, 11) is 0. The van der Waals surface area contributed by atoms with Crippen molar-refractivity contribution in [3.63, 3.8) is 0 Å². The van der Waals surface area contributed by atoms with Crippen molar-refractivity contribution in [2.45, 2.75) is 16.6 Å². The molecule has 0 fully saturated rings. The number of rotatable bonds is 9. The number of carboxylic acids is 1. The van der Waals surface area contributed by atoms with E-state index >= 15 is 0 Å². The number of halogens is 2. The molecule has 0 radical (unpaired) electrons. The molecular formula is C29H22Cl2N2O4S. The van der Waals surface area contributed by atoms with Crippen LogP contribution >= 0.6 is 35.0 Å². The zero-order chi connectivity index (χ0) is 27.1. The summed E-state index contributed by atoms with van der Waals surface area (Å²) in [5.74, 6) is -1.63. The Balaban J connectivity index is 1.47. The maximum atomic E-state index is 13.4. The lowest BCUT2D eigenvalue weighted by Crippen LogP contribution is -2.19. The van der Waals surface area contributed by atoms with Gasteiger partial charge < -0.3 is 15.7 Å². The number of hydrogen-bond donors (Lipinski definition) is 3. The van der Waals surface area contributed by atoms with Crippen LogP contribution in [0.2, 0.25) is 10.0 Å². The molecule has 0 aliphatic carbocycles. The Morgan fingerprint density at radius 2 is 1.50 bits per heavy atom. The van der Waals surface area contributed by atoms with E-state index in [-0.39, 0.29) is 34.5 Å².